The van der Waals surface area contributed by atoms with Gasteiger partial charge in [-0.15, -0.1) is 0 Å². The van der Waals surface area contributed by atoms with E-state index in [-0.39, 0.29) is 5.84 Å². The summed E-state index contributed by atoms with van der Waals surface area (Å²) >= 11 is 2.48. The molecule has 1 heterocycles. The van der Waals surface area contributed by atoms with E-state index in [0.717, 1.165) is 17.3 Å². The van der Waals surface area contributed by atoms with E-state index in [1.54, 1.807) is 6.08 Å². The van der Waals surface area contributed by atoms with E-state index in [1.807, 2.05) is 6.08 Å². The van der Waals surface area contributed by atoms with E-state index in [2.05, 4.69) is 28.4 Å². The van der Waals surface area contributed by atoms with Gasteiger partial charge in [-0.3, -0.25) is 0 Å². The summed E-state index contributed by atoms with van der Waals surface area (Å²) in [7, 11) is 0. The molecule has 4 N–H and O–H groups in total. The average Bonchev–Trinajstić information content (AvgIpc) is 2.51. The van der Waals surface area contributed by atoms with Crippen molar-refractivity contribution in [2.24, 2.45) is 5.73 Å². The zero-order valence-corrected chi connectivity index (χ0v) is 8.07. The molecule has 0 spiro atoms. The Bertz CT molecular complexity index is 265. The Hall–Kier alpha value is -0.636. The molecule has 1 aliphatic heterocycles. The molecule has 0 amide bonds. The Balaban J connectivity index is 2.53. The van der Waals surface area contributed by atoms with Crippen LogP contribution in [0.1, 0.15) is 0 Å². The number of nitrogens with one attached hydrogen (secondary N) is 2. The summed E-state index contributed by atoms with van der Waals surface area (Å²) in [6, 6.07) is 0. The Labute approximate surface area is 80.7 Å². The minimum absolute atomic E-state index is 0.0881. The molecular formula is C8H11N3V. The number of nitrogens with two attached hydrogens (primary N) is 1. The molecule has 3 nitrogen and oxygen atoms in total. The van der Waals surface area contributed by atoms with Crippen molar-refractivity contribution in [2.45, 2.75) is 0 Å². The third-order valence-corrected chi connectivity index (χ3v) is 2.24. The van der Waals surface area contributed by atoms with Crippen molar-refractivity contribution in [3.8, 4) is 0 Å². The third-order valence-electron chi connectivity index (χ3n) is 1.56. The van der Waals surface area contributed by atoms with Crippen LogP contribution in [-0.4, -0.2) is 23.2 Å². The van der Waals surface area contributed by atoms with Crippen LogP contribution in [0.25, 0.3) is 0 Å². The molecule has 0 saturated heterocycles. The van der Waals surface area contributed by atoms with Crippen LogP contribution in [0.3, 0.4) is 0 Å². The number of rotatable bonds is 3. The van der Waals surface area contributed by atoms with Crippen molar-refractivity contribution in [1.82, 2.24) is 5.32 Å². The quantitative estimate of drug-likeness (QED) is 0.433. The monoisotopic (exact) mass is 200 g/mol. The van der Waals surface area contributed by atoms with Gasteiger partial charge in [0.1, 0.15) is 0 Å². The molecule has 0 saturated carbocycles. The fraction of sp³-hybridized carbons (Fsp3) is 0.250. The molecule has 1 rings (SSSR count). The zero-order valence-electron chi connectivity index (χ0n) is 6.67. The van der Waals surface area contributed by atoms with Gasteiger partial charge in [0.25, 0.3) is 0 Å². The summed E-state index contributed by atoms with van der Waals surface area (Å²) < 4.78 is 1.11. The number of amidine groups is 1. The Morgan fingerprint density at radius 3 is 2.92 bits per heavy atom. The minimum atomic E-state index is 0.0881. The first-order valence-corrected chi connectivity index (χ1v) is 4.38. The van der Waals surface area contributed by atoms with Gasteiger partial charge in [-0.2, -0.15) is 0 Å². The molecule has 1 aliphatic rings. The zero-order chi connectivity index (χ0) is 8.97. The topological polar surface area (TPSA) is 61.9 Å². The first-order valence-electron chi connectivity index (χ1n) is 3.68. The van der Waals surface area contributed by atoms with Crippen molar-refractivity contribution >= 4 is 10.1 Å². The second-order valence-electron chi connectivity index (χ2n) is 2.53. The summed E-state index contributed by atoms with van der Waals surface area (Å²) in [6.07, 6.45) is 5.58. The standard InChI is InChI=1S/C8H11N3.V/c9-8(10)3-1-2-7-4-5-11-6-7;/h1,3-4,11H,5-6H2,(H3,9,10);/b3-1-;. The molecule has 12 heavy (non-hydrogen) atoms. The summed E-state index contributed by atoms with van der Waals surface area (Å²) in [5.74, 6) is 0.0881. The van der Waals surface area contributed by atoms with E-state index in [1.165, 1.54) is 5.57 Å². The van der Waals surface area contributed by atoms with Crippen LogP contribution in [0.4, 0.5) is 0 Å². The molecule has 0 atom stereocenters. The first kappa shape index (κ1) is 9.45. The van der Waals surface area contributed by atoms with Crippen LogP contribution in [-0.2, 0) is 17.0 Å². The van der Waals surface area contributed by atoms with Crippen LogP contribution in [0.15, 0.2) is 23.8 Å². The Morgan fingerprint density at radius 1 is 1.67 bits per heavy atom. The average molecular weight is 200 g/mol. The van der Waals surface area contributed by atoms with Gasteiger partial charge in [-0.05, 0) is 0 Å². The van der Waals surface area contributed by atoms with Crippen LogP contribution in [0, 0.1) is 5.41 Å². The molecule has 0 bridgehead atoms. The van der Waals surface area contributed by atoms with Crippen molar-refractivity contribution in [3.05, 3.63) is 23.8 Å². The summed E-state index contributed by atoms with van der Waals surface area (Å²) in [5, 5.41) is 10.2. The number of hydrogen-bond donors (Lipinski definition) is 3. The van der Waals surface area contributed by atoms with E-state index in [0.29, 0.717) is 0 Å². The maximum absolute atomic E-state index is 6.99. The van der Waals surface area contributed by atoms with Crippen molar-refractivity contribution < 1.29 is 17.0 Å². The van der Waals surface area contributed by atoms with Crippen molar-refractivity contribution in [3.63, 3.8) is 0 Å². The molecule has 0 aliphatic carbocycles. The fourth-order valence-corrected chi connectivity index (χ4v) is 1.33. The molecule has 0 unspecified atom stereocenters. The fourth-order valence-electron chi connectivity index (χ4n) is 0.945. The number of allylic oxidation sites excluding steroid dienone is 1. The van der Waals surface area contributed by atoms with Crippen LogP contribution >= 0.6 is 0 Å². The molecule has 0 aromatic carbocycles. The van der Waals surface area contributed by atoms with Gasteiger partial charge >= 0.3 is 80.4 Å². The first-order chi connectivity index (χ1) is 5.70. The van der Waals surface area contributed by atoms with Gasteiger partial charge in [-0.25, -0.2) is 0 Å². The van der Waals surface area contributed by atoms with Crippen LogP contribution in [0.5, 0.6) is 0 Å². The second-order valence-corrected chi connectivity index (χ2v) is 3.29. The molecule has 0 aromatic heterocycles. The molecule has 63 valence electrons. The Morgan fingerprint density at radius 2 is 2.42 bits per heavy atom. The molecule has 0 radical (unpaired) electrons. The predicted molar refractivity (Wildman–Crippen MR) is 47.0 cm³/mol. The SMILES string of the molecule is N=C(N)/C=C\[C](=[V])C1=CCNC1. The predicted octanol–water partition coefficient (Wildman–Crippen LogP) is -0.273. The summed E-state index contributed by atoms with van der Waals surface area (Å²) in [6.45, 7) is 1.84. The molecular weight excluding hydrogens is 189 g/mol. The van der Waals surface area contributed by atoms with Gasteiger partial charge in [-0.1, -0.05) is 0 Å². The maximum atomic E-state index is 6.99. The van der Waals surface area contributed by atoms with Gasteiger partial charge in [0.05, 0.1) is 0 Å². The van der Waals surface area contributed by atoms with E-state index < -0.39 is 0 Å². The van der Waals surface area contributed by atoms with Gasteiger partial charge in [0.2, 0.25) is 0 Å². The van der Waals surface area contributed by atoms with Crippen molar-refractivity contribution in [2.75, 3.05) is 13.1 Å². The number of hydrogen-bond acceptors (Lipinski definition) is 2. The normalized spacial score (nSPS) is 16.4. The van der Waals surface area contributed by atoms with Gasteiger partial charge in [0.15, 0.2) is 0 Å². The third kappa shape index (κ3) is 2.78. The van der Waals surface area contributed by atoms with E-state index in [4.69, 9.17) is 11.1 Å². The van der Waals surface area contributed by atoms with E-state index in [9.17, 15) is 0 Å². The van der Waals surface area contributed by atoms with Crippen LogP contribution in [0.2, 0.25) is 0 Å². The molecule has 0 fully saturated rings. The molecule has 4 heteroatoms. The summed E-state index contributed by atoms with van der Waals surface area (Å²) in [4.78, 5) is 0. The second kappa shape index (κ2) is 4.40. The molecule has 0 aromatic rings. The van der Waals surface area contributed by atoms with Gasteiger partial charge < -0.3 is 0 Å². The van der Waals surface area contributed by atoms with Gasteiger partial charge in [0, 0.05) is 0 Å². The van der Waals surface area contributed by atoms with Crippen LogP contribution < -0.4 is 11.1 Å². The summed E-state index contributed by atoms with van der Waals surface area (Å²) in [5.41, 5.74) is 6.45. The van der Waals surface area contributed by atoms with Crippen molar-refractivity contribution in [1.29, 1.82) is 5.41 Å². The Kier molecular flexibility index (Phi) is 3.47. The van der Waals surface area contributed by atoms with E-state index >= 15 is 0 Å².